The first-order valence-corrected chi connectivity index (χ1v) is 9.95. The summed E-state index contributed by atoms with van der Waals surface area (Å²) in [6, 6.07) is 12.0. The molecule has 0 bridgehead atoms. The number of anilines is 3. The number of pyridine rings is 1. The van der Waals surface area contributed by atoms with E-state index in [1.54, 1.807) is 6.20 Å². The minimum Gasteiger partial charge on any atom is -0.392 e. The highest BCUT2D eigenvalue weighted by molar-refractivity contribution is 5.77. The van der Waals surface area contributed by atoms with Gasteiger partial charge in [0.1, 0.15) is 5.82 Å². The van der Waals surface area contributed by atoms with Crippen LogP contribution in [0.1, 0.15) is 11.1 Å². The lowest BCUT2D eigenvalue weighted by Gasteiger charge is -2.28. The molecular formula is C22H23N5O2. The third kappa shape index (κ3) is 3.43. The molecule has 0 saturated carbocycles. The van der Waals surface area contributed by atoms with Crippen LogP contribution in [0.3, 0.4) is 0 Å². The number of hydrogen-bond acceptors (Lipinski definition) is 7. The molecule has 0 spiro atoms. The molecule has 1 aromatic carbocycles. The van der Waals surface area contributed by atoms with Crippen molar-refractivity contribution >= 4 is 17.5 Å². The van der Waals surface area contributed by atoms with Gasteiger partial charge in [-0.05, 0) is 30.2 Å². The molecule has 0 amide bonds. The summed E-state index contributed by atoms with van der Waals surface area (Å²) >= 11 is 0. The molecular weight excluding hydrogens is 366 g/mol. The van der Waals surface area contributed by atoms with Crippen molar-refractivity contribution < 1.29 is 9.84 Å². The molecule has 4 heterocycles. The monoisotopic (exact) mass is 389 g/mol. The van der Waals surface area contributed by atoms with Gasteiger partial charge in [-0.3, -0.25) is 4.98 Å². The van der Waals surface area contributed by atoms with Gasteiger partial charge in [0, 0.05) is 37.0 Å². The highest BCUT2D eigenvalue weighted by atomic mass is 16.5. The molecule has 1 N–H and O–H groups in total. The van der Waals surface area contributed by atoms with Gasteiger partial charge in [-0.1, -0.05) is 18.2 Å². The Kier molecular flexibility index (Phi) is 4.83. The van der Waals surface area contributed by atoms with Crippen molar-refractivity contribution in [1.29, 1.82) is 0 Å². The van der Waals surface area contributed by atoms with Gasteiger partial charge in [0.2, 0.25) is 5.95 Å². The molecule has 29 heavy (non-hydrogen) atoms. The largest absolute Gasteiger partial charge is 0.392 e. The number of ether oxygens (including phenoxy) is 1. The van der Waals surface area contributed by atoms with E-state index in [-0.39, 0.29) is 6.61 Å². The molecule has 2 aromatic heterocycles. The SMILES string of the molecule is OCc1cccc(-c2nc(N3CCOCC3)nc3c2CCN3c2cccnc2)c1. The zero-order valence-electron chi connectivity index (χ0n) is 16.2. The average molecular weight is 389 g/mol. The lowest BCUT2D eigenvalue weighted by atomic mass is 10.0. The van der Waals surface area contributed by atoms with Crippen molar-refractivity contribution in [3.05, 3.63) is 59.9 Å². The maximum Gasteiger partial charge on any atom is 0.228 e. The Morgan fingerprint density at radius 2 is 1.93 bits per heavy atom. The Balaban J connectivity index is 1.65. The third-order valence-electron chi connectivity index (χ3n) is 5.45. The predicted molar refractivity (Wildman–Crippen MR) is 111 cm³/mol. The number of rotatable bonds is 4. The van der Waals surface area contributed by atoms with Crippen molar-refractivity contribution in [2.75, 3.05) is 42.6 Å². The summed E-state index contributed by atoms with van der Waals surface area (Å²) in [5, 5.41) is 9.58. The first-order chi connectivity index (χ1) is 14.3. The van der Waals surface area contributed by atoms with Crippen LogP contribution in [0.25, 0.3) is 11.3 Å². The quantitative estimate of drug-likeness (QED) is 0.735. The number of morpholine rings is 1. The van der Waals surface area contributed by atoms with Crippen molar-refractivity contribution in [2.45, 2.75) is 13.0 Å². The first kappa shape index (κ1) is 18.0. The molecule has 2 aliphatic heterocycles. The van der Waals surface area contributed by atoms with E-state index in [1.807, 2.05) is 30.5 Å². The standard InChI is InChI=1S/C22H23N5O2/c28-15-16-3-1-4-17(13-16)20-19-6-8-27(18-5-2-7-23-14-18)21(19)25-22(24-20)26-9-11-29-12-10-26/h1-5,7,13-14,28H,6,8-12,15H2. The van der Waals surface area contributed by atoms with Gasteiger partial charge in [-0.2, -0.15) is 4.98 Å². The van der Waals surface area contributed by atoms with Gasteiger partial charge in [0.25, 0.3) is 0 Å². The van der Waals surface area contributed by atoms with Crippen LogP contribution in [0.2, 0.25) is 0 Å². The van der Waals surface area contributed by atoms with Crippen LogP contribution in [-0.2, 0) is 17.8 Å². The van der Waals surface area contributed by atoms with E-state index in [2.05, 4.69) is 26.9 Å². The minimum absolute atomic E-state index is 0.0131. The van der Waals surface area contributed by atoms with Crippen LogP contribution in [0.5, 0.6) is 0 Å². The zero-order chi connectivity index (χ0) is 19.6. The Bertz CT molecular complexity index is 1010. The lowest BCUT2D eigenvalue weighted by molar-refractivity contribution is 0.122. The summed E-state index contributed by atoms with van der Waals surface area (Å²) in [6.07, 6.45) is 4.52. The van der Waals surface area contributed by atoms with Crippen LogP contribution in [0.15, 0.2) is 48.8 Å². The second kappa shape index (κ2) is 7.77. The van der Waals surface area contributed by atoms with Gasteiger partial charge in [0.05, 0.1) is 37.4 Å². The minimum atomic E-state index is 0.0131. The fraction of sp³-hybridized carbons (Fsp3) is 0.318. The van der Waals surface area contributed by atoms with E-state index in [0.717, 1.165) is 65.9 Å². The molecule has 7 heteroatoms. The number of hydrogen-bond donors (Lipinski definition) is 1. The molecule has 148 valence electrons. The zero-order valence-corrected chi connectivity index (χ0v) is 16.2. The van der Waals surface area contributed by atoms with Gasteiger partial charge in [-0.15, -0.1) is 0 Å². The summed E-state index contributed by atoms with van der Waals surface area (Å²) in [7, 11) is 0. The summed E-state index contributed by atoms with van der Waals surface area (Å²) in [6.45, 7) is 3.78. The molecule has 1 saturated heterocycles. The van der Waals surface area contributed by atoms with Crippen molar-refractivity contribution in [3.63, 3.8) is 0 Å². The number of aromatic nitrogens is 3. The van der Waals surface area contributed by atoms with Gasteiger partial charge in [-0.25, -0.2) is 4.98 Å². The lowest BCUT2D eigenvalue weighted by Crippen LogP contribution is -2.37. The molecule has 2 aliphatic rings. The first-order valence-electron chi connectivity index (χ1n) is 9.95. The molecule has 3 aromatic rings. The summed E-state index contributed by atoms with van der Waals surface area (Å²) in [5.41, 5.74) is 5.01. The Labute approximate surface area is 169 Å². The molecule has 5 rings (SSSR count). The Hall–Kier alpha value is -3.03. The average Bonchev–Trinajstić information content (AvgIpc) is 3.24. The molecule has 1 fully saturated rings. The molecule has 0 unspecified atom stereocenters. The Morgan fingerprint density at radius 3 is 2.72 bits per heavy atom. The fourth-order valence-corrected chi connectivity index (χ4v) is 3.97. The maximum atomic E-state index is 9.58. The van der Waals surface area contributed by atoms with Crippen LogP contribution in [-0.4, -0.2) is 52.9 Å². The highest BCUT2D eigenvalue weighted by Crippen LogP contribution is 2.39. The maximum absolute atomic E-state index is 9.58. The van der Waals surface area contributed by atoms with Crippen molar-refractivity contribution in [1.82, 2.24) is 15.0 Å². The number of nitrogens with zero attached hydrogens (tertiary/aromatic N) is 5. The number of benzene rings is 1. The summed E-state index contributed by atoms with van der Waals surface area (Å²) < 4.78 is 5.51. The van der Waals surface area contributed by atoms with Crippen molar-refractivity contribution in [3.8, 4) is 11.3 Å². The predicted octanol–water partition coefficient (Wildman–Crippen LogP) is 2.56. The van der Waals surface area contributed by atoms with Crippen molar-refractivity contribution in [2.24, 2.45) is 0 Å². The van der Waals surface area contributed by atoms with E-state index in [9.17, 15) is 5.11 Å². The second-order valence-corrected chi connectivity index (χ2v) is 7.25. The highest BCUT2D eigenvalue weighted by Gasteiger charge is 2.29. The summed E-state index contributed by atoms with van der Waals surface area (Å²) in [4.78, 5) is 18.6. The fourth-order valence-electron chi connectivity index (χ4n) is 3.97. The smallest absolute Gasteiger partial charge is 0.228 e. The van der Waals surface area contributed by atoms with Gasteiger partial charge < -0.3 is 19.6 Å². The van der Waals surface area contributed by atoms with Crippen LogP contribution >= 0.6 is 0 Å². The Morgan fingerprint density at radius 1 is 1.03 bits per heavy atom. The van der Waals surface area contributed by atoms with E-state index in [1.165, 1.54) is 0 Å². The number of fused-ring (bicyclic) bond motifs is 1. The van der Waals surface area contributed by atoms with Crippen LogP contribution in [0, 0.1) is 0 Å². The molecule has 0 radical (unpaired) electrons. The second-order valence-electron chi connectivity index (χ2n) is 7.25. The summed E-state index contributed by atoms with van der Waals surface area (Å²) in [5.74, 6) is 1.67. The topological polar surface area (TPSA) is 74.6 Å². The third-order valence-corrected chi connectivity index (χ3v) is 5.45. The van der Waals surface area contributed by atoms with E-state index in [0.29, 0.717) is 13.2 Å². The van der Waals surface area contributed by atoms with Gasteiger partial charge >= 0.3 is 0 Å². The van der Waals surface area contributed by atoms with E-state index >= 15 is 0 Å². The number of aliphatic hydroxyl groups excluding tert-OH is 1. The molecule has 0 atom stereocenters. The van der Waals surface area contributed by atoms with E-state index in [4.69, 9.17) is 14.7 Å². The number of aliphatic hydroxyl groups is 1. The van der Waals surface area contributed by atoms with Gasteiger partial charge in [0.15, 0.2) is 0 Å². The molecule has 0 aliphatic carbocycles. The van der Waals surface area contributed by atoms with Crippen LogP contribution < -0.4 is 9.80 Å². The normalized spacial score (nSPS) is 16.2. The van der Waals surface area contributed by atoms with Crippen LogP contribution in [0.4, 0.5) is 17.5 Å². The molecule has 7 nitrogen and oxygen atoms in total. The van der Waals surface area contributed by atoms with E-state index < -0.39 is 0 Å².